The Kier molecular flexibility index (Phi) is 5.09. The molecule has 6 nitrogen and oxygen atoms in total. The Hall–Kier alpha value is -2.29. The number of carbonyl (C=O) groups is 1. The fraction of sp³-hybridized carbons (Fsp3) is 0.588. The summed E-state index contributed by atoms with van der Waals surface area (Å²) in [4.78, 5) is 20.2. The van der Waals surface area contributed by atoms with Crippen molar-refractivity contribution in [3.63, 3.8) is 0 Å². The highest BCUT2D eigenvalue weighted by molar-refractivity contribution is 5.68. The van der Waals surface area contributed by atoms with Crippen LogP contribution < -0.4 is 4.90 Å². The van der Waals surface area contributed by atoms with Gasteiger partial charge >= 0.3 is 6.09 Å². The number of rotatable bonds is 3. The summed E-state index contributed by atoms with van der Waals surface area (Å²) in [6.07, 6.45) is 3.36. The predicted octanol–water partition coefficient (Wildman–Crippen LogP) is 2.79. The molecule has 0 bridgehead atoms. The summed E-state index contributed by atoms with van der Waals surface area (Å²) in [5.74, 6) is 0.704. The first-order valence-electron chi connectivity index (χ1n) is 7.87. The summed E-state index contributed by atoms with van der Waals surface area (Å²) in [5.41, 5.74) is 0.0645. The molecule has 1 aliphatic heterocycles. The molecule has 124 valence electrons. The maximum Gasteiger partial charge on any atom is 0.410 e. The standard InChI is InChI=1S/C17H24N4O2/c1-17(2,3)23-16(22)20(4)12-14-8-6-10-21(14)15-13(11-18)7-5-9-19-15/h5,7,9,14H,6,8,10,12H2,1-4H3/t14-/m1/s1. The van der Waals surface area contributed by atoms with Gasteiger partial charge in [-0.1, -0.05) is 0 Å². The van der Waals surface area contributed by atoms with Crippen molar-refractivity contribution in [1.29, 1.82) is 5.26 Å². The van der Waals surface area contributed by atoms with E-state index in [-0.39, 0.29) is 12.1 Å². The Morgan fingerprint density at radius 3 is 2.96 bits per heavy atom. The SMILES string of the molecule is CN(C[C@H]1CCCN1c1ncccc1C#N)C(=O)OC(C)(C)C. The summed E-state index contributed by atoms with van der Waals surface area (Å²) >= 11 is 0. The lowest BCUT2D eigenvalue weighted by Gasteiger charge is -2.31. The average Bonchev–Trinajstić information content (AvgIpc) is 2.93. The van der Waals surface area contributed by atoms with Crippen molar-refractivity contribution >= 4 is 11.9 Å². The summed E-state index contributed by atoms with van der Waals surface area (Å²) in [6.45, 7) is 6.96. The van der Waals surface area contributed by atoms with Gasteiger partial charge < -0.3 is 14.5 Å². The number of carbonyl (C=O) groups excluding carboxylic acids is 1. The van der Waals surface area contributed by atoms with Gasteiger partial charge in [-0.2, -0.15) is 5.26 Å². The normalized spacial score (nSPS) is 17.7. The second-order valence-electron chi connectivity index (χ2n) is 6.84. The molecule has 0 saturated carbocycles. The monoisotopic (exact) mass is 316 g/mol. The Morgan fingerprint density at radius 1 is 1.57 bits per heavy atom. The van der Waals surface area contributed by atoms with Crippen molar-refractivity contribution in [3.8, 4) is 6.07 Å². The zero-order chi connectivity index (χ0) is 17.0. The lowest BCUT2D eigenvalue weighted by molar-refractivity contribution is 0.0290. The molecule has 0 spiro atoms. The average molecular weight is 316 g/mol. The number of likely N-dealkylation sites (N-methyl/N-ethyl adjacent to an activating group) is 1. The number of aromatic nitrogens is 1. The predicted molar refractivity (Wildman–Crippen MR) is 88.2 cm³/mol. The Morgan fingerprint density at radius 2 is 2.30 bits per heavy atom. The van der Waals surface area contributed by atoms with Gasteiger partial charge in [-0.3, -0.25) is 0 Å². The minimum absolute atomic E-state index is 0.148. The second kappa shape index (κ2) is 6.86. The fourth-order valence-electron chi connectivity index (χ4n) is 2.75. The van der Waals surface area contributed by atoms with Gasteiger partial charge in [0.05, 0.1) is 5.56 Å². The molecular formula is C17H24N4O2. The van der Waals surface area contributed by atoms with Crippen molar-refractivity contribution in [2.45, 2.75) is 45.3 Å². The number of pyridine rings is 1. The van der Waals surface area contributed by atoms with E-state index in [0.717, 1.165) is 19.4 Å². The van der Waals surface area contributed by atoms with Crippen molar-refractivity contribution < 1.29 is 9.53 Å². The number of amides is 1. The van der Waals surface area contributed by atoms with Gasteiger partial charge in [0.2, 0.25) is 0 Å². The van der Waals surface area contributed by atoms with Gasteiger partial charge in [0.15, 0.2) is 0 Å². The van der Waals surface area contributed by atoms with Crippen LogP contribution in [0.3, 0.4) is 0 Å². The highest BCUT2D eigenvalue weighted by Crippen LogP contribution is 2.27. The molecule has 0 N–H and O–H groups in total. The Balaban J connectivity index is 2.08. The van der Waals surface area contributed by atoms with Gasteiger partial charge in [-0.15, -0.1) is 0 Å². The van der Waals surface area contributed by atoms with E-state index in [9.17, 15) is 10.1 Å². The molecule has 1 aliphatic rings. The number of anilines is 1. The quantitative estimate of drug-likeness (QED) is 0.857. The molecule has 2 rings (SSSR count). The van der Waals surface area contributed by atoms with E-state index in [2.05, 4.69) is 16.0 Å². The van der Waals surface area contributed by atoms with Crippen LogP contribution in [0.15, 0.2) is 18.3 Å². The topological polar surface area (TPSA) is 69.5 Å². The molecule has 0 unspecified atom stereocenters. The zero-order valence-corrected chi connectivity index (χ0v) is 14.2. The number of hydrogen-bond acceptors (Lipinski definition) is 5. The maximum absolute atomic E-state index is 12.1. The smallest absolute Gasteiger partial charge is 0.410 e. The first kappa shape index (κ1) is 17.1. The highest BCUT2D eigenvalue weighted by Gasteiger charge is 2.30. The lowest BCUT2D eigenvalue weighted by atomic mass is 10.2. The van der Waals surface area contributed by atoms with Crippen LogP contribution in [0.4, 0.5) is 10.6 Å². The fourth-order valence-corrected chi connectivity index (χ4v) is 2.75. The van der Waals surface area contributed by atoms with Crippen molar-refractivity contribution in [3.05, 3.63) is 23.9 Å². The lowest BCUT2D eigenvalue weighted by Crippen LogP contribution is -2.43. The van der Waals surface area contributed by atoms with E-state index in [1.54, 1.807) is 30.3 Å². The molecule has 1 atom stereocenters. The van der Waals surface area contributed by atoms with Crippen LogP contribution in [0.5, 0.6) is 0 Å². The van der Waals surface area contributed by atoms with Crippen molar-refractivity contribution in [2.75, 3.05) is 25.0 Å². The maximum atomic E-state index is 12.1. The Bertz CT molecular complexity index is 603. The Labute approximate surface area is 137 Å². The van der Waals surface area contributed by atoms with E-state index in [1.165, 1.54) is 0 Å². The van der Waals surface area contributed by atoms with Gasteiger partial charge in [0.1, 0.15) is 17.5 Å². The molecule has 1 aromatic rings. The highest BCUT2D eigenvalue weighted by atomic mass is 16.6. The summed E-state index contributed by atoms with van der Waals surface area (Å²) in [7, 11) is 1.74. The minimum atomic E-state index is -0.504. The van der Waals surface area contributed by atoms with Gasteiger partial charge in [-0.05, 0) is 45.7 Å². The number of nitrogens with zero attached hydrogens (tertiary/aromatic N) is 4. The zero-order valence-electron chi connectivity index (χ0n) is 14.2. The minimum Gasteiger partial charge on any atom is -0.444 e. The van der Waals surface area contributed by atoms with Crippen LogP contribution in [-0.4, -0.2) is 47.8 Å². The van der Waals surface area contributed by atoms with E-state index in [1.807, 2.05) is 20.8 Å². The van der Waals surface area contributed by atoms with Crippen LogP contribution >= 0.6 is 0 Å². The molecule has 2 heterocycles. The third kappa shape index (κ3) is 4.35. The molecule has 1 amide bonds. The van der Waals surface area contributed by atoms with Crippen LogP contribution in [0.1, 0.15) is 39.2 Å². The van der Waals surface area contributed by atoms with Crippen molar-refractivity contribution in [1.82, 2.24) is 9.88 Å². The summed E-state index contributed by atoms with van der Waals surface area (Å²) in [5, 5.41) is 9.26. The van der Waals surface area contributed by atoms with E-state index >= 15 is 0 Å². The second-order valence-corrected chi connectivity index (χ2v) is 6.84. The van der Waals surface area contributed by atoms with Crippen LogP contribution in [0.2, 0.25) is 0 Å². The van der Waals surface area contributed by atoms with Crippen LogP contribution in [0.25, 0.3) is 0 Å². The summed E-state index contributed by atoms with van der Waals surface area (Å²) < 4.78 is 5.40. The van der Waals surface area contributed by atoms with E-state index in [4.69, 9.17) is 4.74 Å². The summed E-state index contributed by atoms with van der Waals surface area (Å²) in [6, 6.07) is 5.88. The van der Waals surface area contributed by atoms with Gasteiger partial charge in [0.25, 0.3) is 0 Å². The van der Waals surface area contributed by atoms with Gasteiger partial charge in [0, 0.05) is 32.4 Å². The third-order valence-electron chi connectivity index (χ3n) is 3.75. The molecule has 6 heteroatoms. The number of hydrogen-bond donors (Lipinski definition) is 0. The third-order valence-corrected chi connectivity index (χ3v) is 3.75. The first-order valence-corrected chi connectivity index (χ1v) is 7.87. The van der Waals surface area contributed by atoms with E-state index < -0.39 is 5.60 Å². The van der Waals surface area contributed by atoms with Crippen molar-refractivity contribution in [2.24, 2.45) is 0 Å². The van der Waals surface area contributed by atoms with E-state index in [0.29, 0.717) is 17.9 Å². The largest absolute Gasteiger partial charge is 0.444 e. The molecule has 0 aliphatic carbocycles. The van der Waals surface area contributed by atoms with Crippen LogP contribution in [-0.2, 0) is 4.74 Å². The molecule has 0 aromatic carbocycles. The number of ether oxygens (including phenoxy) is 1. The molecule has 1 saturated heterocycles. The first-order chi connectivity index (χ1) is 10.8. The molecule has 0 radical (unpaired) electrons. The molecular weight excluding hydrogens is 292 g/mol. The molecule has 1 fully saturated rings. The molecule has 23 heavy (non-hydrogen) atoms. The molecule has 1 aromatic heterocycles. The van der Waals surface area contributed by atoms with Gasteiger partial charge in [-0.25, -0.2) is 9.78 Å². The van der Waals surface area contributed by atoms with Crippen LogP contribution in [0, 0.1) is 11.3 Å². The number of nitriles is 1.